The van der Waals surface area contributed by atoms with E-state index in [9.17, 15) is 0 Å². The molecule has 1 aromatic heterocycles. The lowest BCUT2D eigenvalue weighted by Crippen LogP contribution is -2.31. The topological polar surface area (TPSA) is 42.1 Å². The fourth-order valence-corrected chi connectivity index (χ4v) is 3.75. The number of halogens is 1. The van der Waals surface area contributed by atoms with E-state index in [2.05, 4.69) is 38.9 Å². The zero-order valence-corrected chi connectivity index (χ0v) is 14.1. The van der Waals surface area contributed by atoms with Crippen molar-refractivity contribution in [3.05, 3.63) is 28.9 Å². The van der Waals surface area contributed by atoms with Gasteiger partial charge in [-0.25, -0.2) is 0 Å². The highest BCUT2D eigenvalue weighted by atomic mass is 79.9. The van der Waals surface area contributed by atoms with Crippen molar-refractivity contribution in [3.8, 4) is 0 Å². The first-order valence-electron chi connectivity index (χ1n) is 7.73. The van der Waals surface area contributed by atoms with Crippen molar-refractivity contribution in [2.75, 3.05) is 17.7 Å². The molecule has 3 rings (SSSR count). The molecule has 1 aromatic carbocycles. The van der Waals surface area contributed by atoms with Crippen molar-refractivity contribution >= 4 is 38.2 Å². The third-order valence-electron chi connectivity index (χ3n) is 4.56. The van der Waals surface area contributed by atoms with Crippen LogP contribution in [0.15, 0.2) is 28.9 Å². The largest absolute Gasteiger partial charge is 0.396 e. The van der Waals surface area contributed by atoms with Crippen LogP contribution >= 0.6 is 15.9 Å². The third kappa shape index (κ3) is 3.00. The van der Waals surface area contributed by atoms with Gasteiger partial charge in [0.2, 0.25) is 0 Å². The molecule has 1 aliphatic carbocycles. The van der Waals surface area contributed by atoms with Crippen LogP contribution in [0.1, 0.15) is 38.5 Å². The van der Waals surface area contributed by atoms with Gasteiger partial charge in [0.1, 0.15) is 0 Å². The van der Waals surface area contributed by atoms with Crippen molar-refractivity contribution < 1.29 is 0 Å². The van der Waals surface area contributed by atoms with E-state index in [1.54, 1.807) is 6.20 Å². The number of aromatic nitrogens is 1. The zero-order chi connectivity index (χ0) is 14.8. The standard InChI is InChI=1S/C17H22BrN3/c1-21(13-6-4-2-3-5-7-13)17-14-10-12(18)8-9-16(14)20-11-15(17)19/h8-11,13H,2-7,19H2,1H3. The van der Waals surface area contributed by atoms with Crippen LogP contribution in [0.25, 0.3) is 10.9 Å². The molecule has 0 saturated heterocycles. The molecule has 2 N–H and O–H groups in total. The van der Waals surface area contributed by atoms with Gasteiger partial charge in [0.15, 0.2) is 0 Å². The summed E-state index contributed by atoms with van der Waals surface area (Å²) in [6, 6.07) is 6.78. The van der Waals surface area contributed by atoms with Crippen molar-refractivity contribution in [1.29, 1.82) is 0 Å². The van der Waals surface area contributed by atoms with E-state index >= 15 is 0 Å². The number of pyridine rings is 1. The van der Waals surface area contributed by atoms with Crippen molar-refractivity contribution in [3.63, 3.8) is 0 Å². The van der Waals surface area contributed by atoms with Crippen molar-refractivity contribution in [1.82, 2.24) is 4.98 Å². The molecule has 0 radical (unpaired) electrons. The average molecular weight is 348 g/mol. The predicted octanol–water partition coefficient (Wildman–Crippen LogP) is 4.74. The summed E-state index contributed by atoms with van der Waals surface area (Å²) in [6.07, 6.45) is 9.68. The Morgan fingerprint density at radius 3 is 2.62 bits per heavy atom. The van der Waals surface area contributed by atoms with E-state index in [0.717, 1.165) is 26.8 Å². The quantitative estimate of drug-likeness (QED) is 0.797. The van der Waals surface area contributed by atoms with E-state index in [1.165, 1.54) is 38.5 Å². The van der Waals surface area contributed by atoms with E-state index in [4.69, 9.17) is 5.73 Å². The highest BCUT2D eigenvalue weighted by Crippen LogP contribution is 2.35. The first-order chi connectivity index (χ1) is 10.2. The van der Waals surface area contributed by atoms with Crippen LogP contribution < -0.4 is 10.6 Å². The molecule has 4 heteroatoms. The Morgan fingerprint density at radius 1 is 1.19 bits per heavy atom. The zero-order valence-electron chi connectivity index (χ0n) is 12.5. The Balaban J connectivity index is 2.05. The predicted molar refractivity (Wildman–Crippen MR) is 93.7 cm³/mol. The Bertz CT molecular complexity index is 628. The number of nitrogen functional groups attached to an aromatic ring is 1. The maximum Gasteiger partial charge on any atom is 0.0745 e. The van der Waals surface area contributed by atoms with Gasteiger partial charge < -0.3 is 10.6 Å². The van der Waals surface area contributed by atoms with Crippen LogP contribution in [0.4, 0.5) is 11.4 Å². The maximum absolute atomic E-state index is 6.26. The van der Waals surface area contributed by atoms with Crippen LogP contribution in [-0.4, -0.2) is 18.1 Å². The van der Waals surface area contributed by atoms with Gasteiger partial charge in [-0.3, -0.25) is 4.98 Å². The minimum Gasteiger partial charge on any atom is -0.396 e. The summed E-state index contributed by atoms with van der Waals surface area (Å²) in [5, 5.41) is 1.14. The van der Waals surface area contributed by atoms with Gasteiger partial charge in [-0.1, -0.05) is 41.6 Å². The van der Waals surface area contributed by atoms with Crippen LogP contribution in [0.5, 0.6) is 0 Å². The number of fused-ring (bicyclic) bond motifs is 1. The highest BCUT2D eigenvalue weighted by Gasteiger charge is 2.21. The number of nitrogens with zero attached hydrogens (tertiary/aromatic N) is 2. The first kappa shape index (κ1) is 14.6. The SMILES string of the molecule is CN(c1c(N)cnc2ccc(Br)cc12)C1CCCCCC1. The molecule has 112 valence electrons. The smallest absolute Gasteiger partial charge is 0.0745 e. The summed E-state index contributed by atoms with van der Waals surface area (Å²) >= 11 is 3.56. The van der Waals surface area contributed by atoms with E-state index in [0.29, 0.717) is 6.04 Å². The molecule has 1 aliphatic rings. The van der Waals surface area contributed by atoms with Crippen LogP contribution in [-0.2, 0) is 0 Å². The molecule has 0 bridgehead atoms. The van der Waals surface area contributed by atoms with E-state index in [1.807, 2.05) is 12.1 Å². The minimum atomic E-state index is 0.583. The molecule has 0 spiro atoms. The summed E-state index contributed by atoms with van der Waals surface area (Å²) < 4.78 is 1.07. The highest BCUT2D eigenvalue weighted by molar-refractivity contribution is 9.10. The Labute approximate surface area is 134 Å². The second-order valence-corrected chi connectivity index (χ2v) is 6.90. The normalized spacial score (nSPS) is 16.9. The van der Waals surface area contributed by atoms with Gasteiger partial charge in [-0.05, 0) is 31.0 Å². The summed E-state index contributed by atoms with van der Waals surface area (Å²) in [7, 11) is 2.18. The van der Waals surface area contributed by atoms with Crippen LogP contribution in [0.2, 0.25) is 0 Å². The van der Waals surface area contributed by atoms with Crippen molar-refractivity contribution in [2.24, 2.45) is 0 Å². The summed E-state index contributed by atoms with van der Waals surface area (Å²) in [6.45, 7) is 0. The molecular formula is C17H22BrN3. The number of nitrogens with two attached hydrogens (primary N) is 1. The fraction of sp³-hybridized carbons (Fsp3) is 0.471. The molecule has 0 unspecified atom stereocenters. The Morgan fingerprint density at radius 2 is 1.90 bits per heavy atom. The molecule has 2 aromatic rings. The lowest BCUT2D eigenvalue weighted by atomic mass is 10.0. The second-order valence-electron chi connectivity index (χ2n) is 5.98. The maximum atomic E-state index is 6.26. The molecule has 1 saturated carbocycles. The number of benzene rings is 1. The van der Waals surface area contributed by atoms with Gasteiger partial charge >= 0.3 is 0 Å². The van der Waals surface area contributed by atoms with Gasteiger partial charge in [-0.15, -0.1) is 0 Å². The molecule has 21 heavy (non-hydrogen) atoms. The molecule has 1 fully saturated rings. The summed E-state index contributed by atoms with van der Waals surface area (Å²) in [4.78, 5) is 6.84. The molecule has 0 aliphatic heterocycles. The average Bonchev–Trinajstić information content (AvgIpc) is 2.75. The van der Waals surface area contributed by atoms with Crippen molar-refractivity contribution in [2.45, 2.75) is 44.6 Å². The Kier molecular flexibility index (Phi) is 4.34. The number of rotatable bonds is 2. The molecule has 3 nitrogen and oxygen atoms in total. The number of hydrogen-bond acceptors (Lipinski definition) is 3. The lowest BCUT2D eigenvalue weighted by molar-refractivity contribution is 0.554. The third-order valence-corrected chi connectivity index (χ3v) is 5.05. The number of hydrogen-bond donors (Lipinski definition) is 1. The van der Waals surface area contributed by atoms with Gasteiger partial charge in [0.25, 0.3) is 0 Å². The molecule has 1 heterocycles. The lowest BCUT2D eigenvalue weighted by Gasteiger charge is -2.31. The van der Waals surface area contributed by atoms with Crippen LogP contribution in [0.3, 0.4) is 0 Å². The summed E-state index contributed by atoms with van der Waals surface area (Å²) in [5.41, 5.74) is 9.17. The minimum absolute atomic E-state index is 0.583. The van der Waals surface area contributed by atoms with Crippen LogP contribution in [0, 0.1) is 0 Å². The molecule has 0 atom stereocenters. The van der Waals surface area contributed by atoms with Gasteiger partial charge in [0, 0.05) is 22.9 Å². The van der Waals surface area contributed by atoms with Gasteiger partial charge in [0.05, 0.1) is 23.1 Å². The second kappa shape index (κ2) is 6.22. The van der Waals surface area contributed by atoms with E-state index < -0.39 is 0 Å². The first-order valence-corrected chi connectivity index (χ1v) is 8.52. The monoisotopic (exact) mass is 347 g/mol. The molecule has 0 amide bonds. The summed E-state index contributed by atoms with van der Waals surface area (Å²) in [5.74, 6) is 0. The Hall–Kier alpha value is -1.29. The van der Waals surface area contributed by atoms with E-state index in [-0.39, 0.29) is 0 Å². The fourth-order valence-electron chi connectivity index (χ4n) is 3.39. The number of anilines is 2. The van der Waals surface area contributed by atoms with Gasteiger partial charge in [-0.2, -0.15) is 0 Å². The molecular weight excluding hydrogens is 326 g/mol.